The van der Waals surface area contributed by atoms with Gasteiger partial charge in [-0.15, -0.1) is 0 Å². The number of benzene rings is 2. The number of hydrogen-bond donors (Lipinski definition) is 1. The summed E-state index contributed by atoms with van der Waals surface area (Å²) < 4.78 is 5.79. The van der Waals surface area contributed by atoms with Crippen LogP contribution < -0.4 is 10.1 Å². The number of ether oxygens (including phenoxy) is 1. The van der Waals surface area contributed by atoms with Gasteiger partial charge in [-0.1, -0.05) is 36.4 Å². The van der Waals surface area contributed by atoms with Crippen molar-refractivity contribution in [2.24, 2.45) is 0 Å². The predicted octanol–water partition coefficient (Wildman–Crippen LogP) is 4.15. The molecule has 0 aliphatic carbocycles. The summed E-state index contributed by atoms with van der Waals surface area (Å²) in [5.41, 5.74) is 2.30. The summed E-state index contributed by atoms with van der Waals surface area (Å²) in [6, 6.07) is 19.4. The van der Waals surface area contributed by atoms with Crippen molar-refractivity contribution in [3.8, 4) is 5.75 Å². The molecule has 2 aromatic rings. The standard InChI is InChI=1S/C25H33N3O2/c1-19(2)28-21-12-13-22(28)17-27(25(29)18-30-23-9-4-3-5-10-23)16-20-8-6-7-11-24(20)26-15-14-21/h3-11,19,21-22,26H,12-18H2,1-2H3/t21-,22+/m1/s1. The van der Waals surface area contributed by atoms with Gasteiger partial charge in [0.25, 0.3) is 5.91 Å². The Kier molecular flexibility index (Phi) is 6.58. The van der Waals surface area contributed by atoms with Gasteiger partial charge < -0.3 is 15.0 Å². The fourth-order valence-corrected chi connectivity index (χ4v) is 4.98. The van der Waals surface area contributed by atoms with E-state index in [0.29, 0.717) is 24.7 Å². The lowest BCUT2D eigenvalue weighted by Crippen LogP contribution is -2.48. The first-order chi connectivity index (χ1) is 14.6. The van der Waals surface area contributed by atoms with Crippen molar-refractivity contribution in [1.29, 1.82) is 0 Å². The molecular weight excluding hydrogens is 374 g/mol. The summed E-state index contributed by atoms with van der Waals surface area (Å²) in [6.45, 7) is 6.93. The minimum absolute atomic E-state index is 0.0417. The number of rotatable bonds is 4. The van der Waals surface area contributed by atoms with E-state index in [1.165, 1.54) is 12.0 Å². The molecule has 1 N–H and O–H groups in total. The Morgan fingerprint density at radius 2 is 1.77 bits per heavy atom. The first-order valence-electron chi connectivity index (χ1n) is 11.2. The SMILES string of the molecule is CC(C)N1[C@H]2CCNc3ccccc3CN(C(=O)COc3ccccc3)C[C@@H]1CC2. The maximum atomic E-state index is 13.2. The van der Waals surface area contributed by atoms with E-state index < -0.39 is 0 Å². The van der Waals surface area contributed by atoms with Crippen LogP contribution in [0.2, 0.25) is 0 Å². The normalized spacial score (nSPS) is 22.2. The lowest BCUT2D eigenvalue weighted by molar-refractivity contribution is -0.135. The highest BCUT2D eigenvalue weighted by atomic mass is 16.5. The smallest absolute Gasteiger partial charge is 0.260 e. The van der Waals surface area contributed by atoms with E-state index in [9.17, 15) is 4.79 Å². The number of carbonyl (C=O) groups is 1. The molecule has 1 fully saturated rings. The number of nitrogens with zero attached hydrogens (tertiary/aromatic N) is 2. The summed E-state index contributed by atoms with van der Waals surface area (Å²) in [5, 5.41) is 3.62. The highest BCUT2D eigenvalue weighted by Gasteiger charge is 2.36. The number of nitrogens with one attached hydrogen (secondary N) is 1. The predicted molar refractivity (Wildman–Crippen MR) is 121 cm³/mol. The first-order valence-corrected chi connectivity index (χ1v) is 11.2. The Bertz CT molecular complexity index is 839. The average Bonchev–Trinajstić information content (AvgIpc) is 3.14. The van der Waals surface area contributed by atoms with E-state index in [2.05, 4.69) is 48.3 Å². The molecule has 5 heteroatoms. The molecule has 0 unspecified atom stereocenters. The zero-order valence-corrected chi connectivity index (χ0v) is 18.1. The van der Waals surface area contributed by atoms with Gasteiger partial charge in [0, 0.05) is 43.4 Å². The zero-order valence-electron chi connectivity index (χ0n) is 18.1. The second-order valence-corrected chi connectivity index (χ2v) is 8.67. The topological polar surface area (TPSA) is 44.8 Å². The molecule has 2 bridgehead atoms. The molecule has 2 aliphatic rings. The van der Waals surface area contributed by atoms with E-state index in [4.69, 9.17) is 4.74 Å². The molecule has 30 heavy (non-hydrogen) atoms. The fourth-order valence-electron chi connectivity index (χ4n) is 4.98. The van der Waals surface area contributed by atoms with Crippen LogP contribution in [0.4, 0.5) is 5.69 Å². The second kappa shape index (κ2) is 9.52. The maximum absolute atomic E-state index is 13.2. The van der Waals surface area contributed by atoms with E-state index in [0.717, 1.165) is 37.4 Å². The molecule has 5 nitrogen and oxygen atoms in total. The molecule has 4 rings (SSSR count). The molecule has 2 atom stereocenters. The molecule has 0 radical (unpaired) electrons. The van der Waals surface area contributed by atoms with E-state index >= 15 is 0 Å². The van der Waals surface area contributed by atoms with Crippen molar-refractivity contribution in [2.45, 2.75) is 57.8 Å². The van der Waals surface area contributed by atoms with Gasteiger partial charge in [-0.3, -0.25) is 9.69 Å². The highest BCUT2D eigenvalue weighted by molar-refractivity contribution is 5.78. The number of anilines is 1. The number of fused-ring (bicyclic) bond motifs is 3. The van der Waals surface area contributed by atoms with Crippen molar-refractivity contribution >= 4 is 11.6 Å². The summed E-state index contributed by atoms with van der Waals surface area (Å²) in [5.74, 6) is 0.774. The molecule has 2 heterocycles. The van der Waals surface area contributed by atoms with Crippen LogP contribution in [-0.4, -0.2) is 53.5 Å². The summed E-state index contributed by atoms with van der Waals surface area (Å²) in [4.78, 5) is 17.9. The Morgan fingerprint density at radius 3 is 2.57 bits per heavy atom. The van der Waals surface area contributed by atoms with E-state index in [1.807, 2.05) is 35.2 Å². The van der Waals surface area contributed by atoms with Gasteiger partial charge in [0.2, 0.25) is 0 Å². The minimum atomic E-state index is 0.0417. The van der Waals surface area contributed by atoms with Gasteiger partial charge >= 0.3 is 0 Å². The van der Waals surface area contributed by atoms with Crippen molar-refractivity contribution in [3.05, 3.63) is 60.2 Å². The van der Waals surface area contributed by atoms with Crippen molar-refractivity contribution in [2.75, 3.05) is 25.0 Å². The van der Waals surface area contributed by atoms with Crippen molar-refractivity contribution < 1.29 is 9.53 Å². The van der Waals surface area contributed by atoms with Crippen LogP contribution in [0, 0.1) is 0 Å². The highest BCUT2D eigenvalue weighted by Crippen LogP contribution is 2.31. The minimum Gasteiger partial charge on any atom is -0.484 e. The van der Waals surface area contributed by atoms with Crippen molar-refractivity contribution in [3.63, 3.8) is 0 Å². The molecule has 0 spiro atoms. The summed E-state index contributed by atoms with van der Waals surface area (Å²) >= 11 is 0. The quantitative estimate of drug-likeness (QED) is 0.827. The van der Waals surface area contributed by atoms with Crippen LogP contribution in [0.5, 0.6) is 5.75 Å². The molecule has 2 aliphatic heterocycles. The van der Waals surface area contributed by atoms with E-state index in [-0.39, 0.29) is 12.5 Å². The molecule has 0 saturated carbocycles. The van der Waals surface area contributed by atoms with Crippen LogP contribution in [0.15, 0.2) is 54.6 Å². The van der Waals surface area contributed by atoms with Crippen LogP contribution in [0.1, 0.15) is 38.7 Å². The summed E-state index contributed by atoms with van der Waals surface area (Å²) in [7, 11) is 0. The maximum Gasteiger partial charge on any atom is 0.260 e. The zero-order chi connectivity index (χ0) is 20.9. The number of para-hydroxylation sites is 2. The Hall–Kier alpha value is -2.53. The Labute approximate surface area is 180 Å². The molecule has 160 valence electrons. The van der Waals surface area contributed by atoms with Gasteiger partial charge in [0.15, 0.2) is 6.61 Å². The van der Waals surface area contributed by atoms with Crippen LogP contribution in [0.3, 0.4) is 0 Å². The number of carbonyl (C=O) groups excluding carboxylic acids is 1. The molecule has 1 amide bonds. The third-order valence-corrected chi connectivity index (χ3v) is 6.33. The van der Waals surface area contributed by atoms with Gasteiger partial charge in [0.1, 0.15) is 5.75 Å². The lowest BCUT2D eigenvalue weighted by Gasteiger charge is -2.36. The van der Waals surface area contributed by atoms with Crippen LogP contribution in [0.25, 0.3) is 0 Å². The molecule has 1 saturated heterocycles. The molecular formula is C25H33N3O2. The van der Waals surface area contributed by atoms with Crippen LogP contribution in [-0.2, 0) is 11.3 Å². The first kappa shape index (κ1) is 20.7. The summed E-state index contributed by atoms with van der Waals surface area (Å²) in [6.07, 6.45) is 3.48. The molecule has 2 aromatic carbocycles. The average molecular weight is 408 g/mol. The van der Waals surface area contributed by atoms with Gasteiger partial charge in [-0.2, -0.15) is 0 Å². The molecule has 0 aromatic heterocycles. The monoisotopic (exact) mass is 407 g/mol. The Morgan fingerprint density at radius 1 is 1.03 bits per heavy atom. The van der Waals surface area contributed by atoms with Gasteiger partial charge in [0.05, 0.1) is 0 Å². The number of hydrogen-bond acceptors (Lipinski definition) is 4. The van der Waals surface area contributed by atoms with E-state index in [1.54, 1.807) is 0 Å². The lowest BCUT2D eigenvalue weighted by atomic mass is 10.1. The fraction of sp³-hybridized carbons (Fsp3) is 0.480. The van der Waals surface area contributed by atoms with Crippen molar-refractivity contribution in [1.82, 2.24) is 9.80 Å². The van der Waals surface area contributed by atoms with Gasteiger partial charge in [-0.05, 0) is 56.9 Å². The third kappa shape index (κ3) is 4.78. The largest absolute Gasteiger partial charge is 0.484 e. The Balaban J connectivity index is 1.56. The second-order valence-electron chi connectivity index (χ2n) is 8.67. The number of amides is 1. The third-order valence-electron chi connectivity index (χ3n) is 6.33. The van der Waals surface area contributed by atoms with Gasteiger partial charge in [-0.25, -0.2) is 0 Å². The van der Waals surface area contributed by atoms with Crippen LogP contribution >= 0.6 is 0 Å².